The maximum absolute atomic E-state index is 13.8. The molecule has 5 N–H and O–H groups in total. The van der Waals surface area contributed by atoms with Gasteiger partial charge >= 0.3 is 5.97 Å². The van der Waals surface area contributed by atoms with Crippen LogP contribution in [0.5, 0.6) is 11.5 Å². The number of nitrogens with zero attached hydrogens (tertiary/aromatic N) is 1. The first-order chi connectivity index (χ1) is 17.4. The first kappa shape index (κ1) is 24.3. The SMILES string of the molecule is Cc1ccc(F)c(NCNc2ccc(Oc3ccnc(-c4cc(C(=O)NCC(=O)O)c[nH]4)c3)cc2)c1. The number of carboxylic acid groups (broad SMARTS) is 1. The summed E-state index contributed by atoms with van der Waals surface area (Å²) in [5.74, 6) is -0.775. The molecule has 0 unspecified atom stereocenters. The van der Waals surface area contributed by atoms with E-state index in [0.29, 0.717) is 40.8 Å². The van der Waals surface area contributed by atoms with Crippen LogP contribution in [0.3, 0.4) is 0 Å². The van der Waals surface area contributed by atoms with Crippen LogP contribution in [0.4, 0.5) is 15.8 Å². The molecule has 9 nitrogen and oxygen atoms in total. The smallest absolute Gasteiger partial charge is 0.322 e. The average Bonchev–Trinajstić information content (AvgIpc) is 3.36. The Labute approximate surface area is 206 Å². The van der Waals surface area contributed by atoms with Crippen molar-refractivity contribution in [2.45, 2.75) is 6.92 Å². The van der Waals surface area contributed by atoms with E-state index in [9.17, 15) is 14.0 Å². The molecule has 2 aromatic heterocycles. The van der Waals surface area contributed by atoms with Gasteiger partial charge in [-0.2, -0.15) is 0 Å². The van der Waals surface area contributed by atoms with E-state index in [2.05, 4.69) is 25.9 Å². The molecule has 0 saturated heterocycles. The van der Waals surface area contributed by atoms with Gasteiger partial charge in [0.1, 0.15) is 23.9 Å². The quantitative estimate of drug-likeness (QED) is 0.206. The Balaban J connectivity index is 1.34. The van der Waals surface area contributed by atoms with Crippen molar-refractivity contribution in [2.75, 3.05) is 23.8 Å². The van der Waals surface area contributed by atoms with E-state index in [0.717, 1.165) is 11.3 Å². The van der Waals surface area contributed by atoms with Crippen LogP contribution in [0.2, 0.25) is 0 Å². The topological polar surface area (TPSA) is 128 Å². The number of ether oxygens (including phenoxy) is 1. The summed E-state index contributed by atoms with van der Waals surface area (Å²) in [6, 6.07) is 17.2. The lowest BCUT2D eigenvalue weighted by Crippen LogP contribution is -2.28. The maximum Gasteiger partial charge on any atom is 0.322 e. The number of aromatic amines is 1. The highest BCUT2D eigenvalue weighted by Gasteiger charge is 2.12. The summed E-state index contributed by atoms with van der Waals surface area (Å²) in [5.41, 5.74) is 3.67. The lowest BCUT2D eigenvalue weighted by atomic mass is 10.2. The van der Waals surface area contributed by atoms with Gasteiger partial charge in [-0.3, -0.25) is 14.6 Å². The Bertz CT molecular complexity index is 1370. The van der Waals surface area contributed by atoms with Gasteiger partial charge in [0.2, 0.25) is 0 Å². The number of H-pyrrole nitrogens is 1. The van der Waals surface area contributed by atoms with Crippen LogP contribution in [0.1, 0.15) is 15.9 Å². The molecule has 10 heteroatoms. The Morgan fingerprint density at radius 3 is 2.61 bits per heavy atom. The highest BCUT2D eigenvalue weighted by molar-refractivity contribution is 5.96. The van der Waals surface area contributed by atoms with Gasteiger partial charge in [-0.25, -0.2) is 4.39 Å². The van der Waals surface area contributed by atoms with Gasteiger partial charge in [-0.1, -0.05) is 6.07 Å². The number of aryl methyl sites for hydroxylation is 1. The third-order valence-electron chi connectivity index (χ3n) is 5.14. The summed E-state index contributed by atoms with van der Waals surface area (Å²) in [7, 11) is 0. The van der Waals surface area contributed by atoms with Gasteiger partial charge < -0.3 is 30.8 Å². The van der Waals surface area contributed by atoms with Gasteiger partial charge in [0.15, 0.2) is 0 Å². The first-order valence-corrected chi connectivity index (χ1v) is 11.0. The molecule has 0 atom stereocenters. The number of pyridine rings is 1. The minimum absolute atomic E-state index is 0.294. The van der Waals surface area contributed by atoms with Gasteiger partial charge in [0.25, 0.3) is 5.91 Å². The number of nitrogens with one attached hydrogen (secondary N) is 4. The van der Waals surface area contributed by atoms with E-state index in [1.807, 2.05) is 19.1 Å². The number of benzene rings is 2. The van der Waals surface area contributed by atoms with Crippen LogP contribution in [0, 0.1) is 12.7 Å². The maximum atomic E-state index is 13.8. The monoisotopic (exact) mass is 489 g/mol. The van der Waals surface area contributed by atoms with Crippen LogP contribution in [-0.2, 0) is 4.79 Å². The van der Waals surface area contributed by atoms with Crippen LogP contribution in [0.15, 0.2) is 73.1 Å². The minimum atomic E-state index is -1.12. The van der Waals surface area contributed by atoms with E-state index in [-0.39, 0.29) is 5.82 Å². The number of anilines is 2. The molecule has 0 spiro atoms. The molecule has 0 aliphatic rings. The van der Waals surface area contributed by atoms with E-state index in [1.165, 1.54) is 12.3 Å². The molecule has 36 heavy (non-hydrogen) atoms. The number of aliphatic carboxylic acids is 1. The summed E-state index contributed by atoms with van der Waals surface area (Å²) in [5, 5.41) is 17.2. The molecule has 0 bridgehead atoms. The van der Waals surface area contributed by atoms with Crippen LogP contribution in [-0.4, -0.2) is 40.2 Å². The first-order valence-electron chi connectivity index (χ1n) is 11.0. The average molecular weight is 490 g/mol. The predicted octanol–water partition coefficient (Wildman–Crippen LogP) is 4.61. The summed E-state index contributed by atoms with van der Waals surface area (Å²) < 4.78 is 19.8. The third-order valence-corrected chi connectivity index (χ3v) is 5.14. The van der Waals surface area contributed by atoms with Crippen molar-refractivity contribution in [3.05, 3.63) is 90.0 Å². The molecular weight excluding hydrogens is 465 g/mol. The molecule has 0 fully saturated rings. The lowest BCUT2D eigenvalue weighted by molar-refractivity contribution is -0.135. The van der Waals surface area contributed by atoms with Crippen molar-refractivity contribution in [3.63, 3.8) is 0 Å². The summed E-state index contributed by atoms with van der Waals surface area (Å²) >= 11 is 0. The van der Waals surface area contributed by atoms with Crippen molar-refractivity contribution < 1.29 is 23.8 Å². The number of carbonyl (C=O) groups is 2. The molecule has 2 aromatic carbocycles. The van der Waals surface area contributed by atoms with Crippen molar-refractivity contribution >= 4 is 23.3 Å². The number of carboxylic acids is 1. The molecule has 184 valence electrons. The standard InChI is InChI=1S/C26H24FN5O4/c1-16-2-7-21(27)22(10-16)32-15-31-18-3-5-19(6-4-18)36-20-8-9-28-24(12-20)23-11-17(13-29-23)26(35)30-14-25(33)34/h2-13,29,31-32H,14-15H2,1H3,(H,30,35)(H,33,34). The lowest BCUT2D eigenvalue weighted by Gasteiger charge is -2.12. The minimum Gasteiger partial charge on any atom is -0.480 e. The molecule has 4 rings (SSSR count). The highest BCUT2D eigenvalue weighted by Crippen LogP contribution is 2.26. The van der Waals surface area contributed by atoms with Crippen LogP contribution in [0.25, 0.3) is 11.4 Å². The largest absolute Gasteiger partial charge is 0.480 e. The number of amides is 1. The van der Waals surface area contributed by atoms with Gasteiger partial charge in [0.05, 0.1) is 29.3 Å². The fraction of sp³-hybridized carbons (Fsp3) is 0.115. The molecule has 0 aliphatic heterocycles. The second-order valence-corrected chi connectivity index (χ2v) is 7.90. The van der Waals surface area contributed by atoms with Gasteiger partial charge in [-0.15, -0.1) is 0 Å². The number of rotatable bonds is 10. The fourth-order valence-electron chi connectivity index (χ4n) is 3.35. The zero-order chi connectivity index (χ0) is 25.5. The molecule has 0 radical (unpaired) electrons. The van der Waals surface area contributed by atoms with Crippen molar-refractivity contribution in [3.8, 4) is 22.9 Å². The Hall–Kier alpha value is -4.86. The van der Waals surface area contributed by atoms with Crippen molar-refractivity contribution in [1.82, 2.24) is 15.3 Å². The van der Waals surface area contributed by atoms with E-state index < -0.39 is 18.4 Å². The normalized spacial score (nSPS) is 10.5. The second kappa shape index (κ2) is 11.0. The summed E-state index contributed by atoms with van der Waals surface area (Å²) in [4.78, 5) is 29.9. The summed E-state index contributed by atoms with van der Waals surface area (Å²) in [6.07, 6.45) is 3.07. The Kier molecular flexibility index (Phi) is 7.45. The Morgan fingerprint density at radius 2 is 1.83 bits per heavy atom. The molecular formula is C26H24FN5O4. The van der Waals surface area contributed by atoms with E-state index in [1.54, 1.807) is 48.7 Å². The highest BCUT2D eigenvalue weighted by atomic mass is 19.1. The van der Waals surface area contributed by atoms with Crippen LogP contribution < -0.4 is 20.7 Å². The Morgan fingerprint density at radius 1 is 1.03 bits per heavy atom. The van der Waals surface area contributed by atoms with E-state index >= 15 is 0 Å². The van der Waals surface area contributed by atoms with Crippen molar-refractivity contribution in [1.29, 1.82) is 0 Å². The number of aromatic nitrogens is 2. The van der Waals surface area contributed by atoms with E-state index in [4.69, 9.17) is 9.84 Å². The molecule has 1 amide bonds. The zero-order valence-electron chi connectivity index (χ0n) is 19.3. The molecule has 0 saturated carbocycles. The van der Waals surface area contributed by atoms with Crippen LogP contribution >= 0.6 is 0 Å². The molecule has 0 aliphatic carbocycles. The summed E-state index contributed by atoms with van der Waals surface area (Å²) in [6.45, 7) is 1.79. The van der Waals surface area contributed by atoms with Gasteiger partial charge in [-0.05, 0) is 61.0 Å². The predicted molar refractivity (Wildman–Crippen MR) is 134 cm³/mol. The zero-order valence-corrected chi connectivity index (χ0v) is 19.3. The molecule has 2 heterocycles. The number of halogens is 1. The third kappa shape index (κ3) is 6.38. The van der Waals surface area contributed by atoms with Crippen molar-refractivity contribution in [2.24, 2.45) is 0 Å². The second-order valence-electron chi connectivity index (χ2n) is 7.90. The number of hydrogen-bond donors (Lipinski definition) is 5. The molecule has 4 aromatic rings. The number of carbonyl (C=O) groups excluding carboxylic acids is 1. The van der Waals surface area contributed by atoms with Gasteiger partial charge in [0, 0.05) is 24.1 Å². The number of hydrogen-bond acceptors (Lipinski definition) is 6. The fourth-order valence-corrected chi connectivity index (χ4v) is 3.35.